The summed E-state index contributed by atoms with van der Waals surface area (Å²) < 4.78 is 52.2. The molecule has 2 heterocycles. The number of aromatic nitrogens is 2. The van der Waals surface area contributed by atoms with Gasteiger partial charge in [-0.2, -0.15) is 13.2 Å². The van der Waals surface area contributed by atoms with Crippen LogP contribution in [0.2, 0.25) is 0 Å². The molecule has 0 radical (unpaired) electrons. The third kappa shape index (κ3) is 6.46. The second-order valence-corrected chi connectivity index (χ2v) is 6.39. The molecule has 0 aliphatic rings. The van der Waals surface area contributed by atoms with Crippen LogP contribution < -0.4 is 10.9 Å². The number of carbonyl (C=O) groups is 1. The van der Waals surface area contributed by atoms with Crippen molar-refractivity contribution < 1.29 is 32.6 Å². The molecule has 4 N–H and O–H groups in total. The smallest absolute Gasteiger partial charge is 0.400 e. The van der Waals surface area contributed by atoms with Crippen LogP contribution >= 0.6 is 0 Å². The van der Waals surface area contributed by atoms with Gasteiger partial charge in [0.15, 0.2) is 6.10 Å². The summed E-state index contributed by atoms with van der Waals surface area (Å²) in [7, 11) is 1.00. The van der Waals surface area contributed by atoms with E-state index in [4.69, 9.17) is 5.11 Å². The van der Waals surface area contributed by atoms with Crippen LogP contribution in [0.25, 0.3) is 11.3 Å². The van der Waals surface area contributed by atoms with Crippen LogP contribution in [0.15, 0.2) is 59.7 Å². The lowest BCUT2D eigenvalue weighted by molar-refractivity contribution is -0.206. The fraction of sp³-hybridized carbons (Fsp3) is 0.190. The average molecular weight is 453 g/mol. The number of H-pyrrole nitrogens is 1. The molecule has 0 saturated heterocycles. The van der Waals surface area contributed by atoms with Gasteiger partial charge in [0, 0.05) is 37.0 Å². The molecule has 0 aliphatic heterocycles. The average Bonchev–Trinajstić information content (AvgIpc) is 2.79. The Hall–Kier alpha value is -3.57. The monoisotopic (exact) mass is 453 g/mol. The van der Waals surface area contributed by atoms with Crippen molar-refractivity contribution in [3.8, 4) is 11.3 Å². The lowest BCUT2D eigenvalue weighted by atomic mass is 9.99. The van der Waals surface area contributed by atoms with Crippen molar-refractivity contribution in [3.05, 3.63) is 87.7 Å². The van der Waals surface area contributed by atoms with Crippen LogP contribution in [0.4, 0.5) is 17.6 Å². The quantitative estimate of drug-likeness (QED) is 0.444. The Kier molecular flexibility index (Phi) is 8.21. The summed E-state index contributed by atoms with van der Waals surface area (Å²) in [4.78, 5) is 29.8. The molecule has 170 valence electrons. The lowest BCUT2D eigenvalue weighted by Gasteiger charge is -2.17. The first-order chi connectivity index (χ1) is 15.1. The molecule has 1 atom stereocenters. The first-order valence-electron chi connectivity index (χ1n) is 9.06. The number of hydrogen-bond acceptors (Lipinski definition) is 5. The SMILES string of the molecule is CO.O=C(NCc1ccc(=O)[nH]c1)c1cc(-c2ccc(F)cn2)cc(C(O)C(F)(F)F)c1. The van der Waals surface area contributed by atoms with E-state index in [0.717, 1.165) is 31.5 Å². The first-order valence-corrected chi connectivity index (χ1v) is 9.06. The van der Waals surface area contributed by atoms with E-state index in [1.807, 2.05) is 0 Å². The van der Waals surface area contributed by atoms with E-state index in [1.54, 1.807) is 0 Å². The van der Waals surface area contributed by atoms with Gasteiger partial charge in [-0.25, -0.2) is 4.39 Å². The normalized spacial score (nSPS) is 11.8. The van der Waals surface area contributed by atoms with Gasteiger partial charge in [0.2, 0.25) is 5.56 Å². The zero-order chi connectivity index (χ0) is 23.9. The second-order valence-electron chi connectivity index (χ2n) is 6.39. The zero-order valence-electron chi connectivity index (χ0n) is 16.7. The summed E-state index contributed by atoms with van der Waals surface area (Å²) in [6.45, 7) is 0.00575. The van der Waals surface area contributed by atoms with Crippen molar-refractivity contribution in [2.45, 2.75) is 18.8 Å². The summed E-state index contributed by atoms with van der Waals surface area (Å²) in [5.74, 6) is -1.34. The Morgan fingerprint density at radius 1 is 1.16 bits per heavy atom. The molecule has 1 aromatic carbocycles. The highest BCUT2D eigenvalue weighted by molar-refractivity contribution is 5.95. The zero-order valence-corrected chi connectivity index (χ0v) is 16.7. The fourth-order valence-corrected chi connectivity index (χ4v) is 2.66. The summed E-state index contributed by atoms with van der Waals surface area (Å²) in [5.41, 5.74) is -0.237. The van der Waals surface area contributed by atoms with E-state index in [-0.39, 0.29) is 28.9 Å². The van der Waals surface area contributed by atoms with Crippen molar-refractivity contribution in [2.24, 2.45) is 0 Å². The highest BCUT2D eigenvalue weighted by atomic mass is 19.4. The molecular weight excluding hydrogens is 434 g/mol. The van der Waals surface area contributed by atoms with Gasteiger partial charge in [0.1, 0.15) is 5.82 Å². The number of pyridine rings is 2. The molecule has 32 heavy (non-hydrogen) atoms. The van der Waals surface area contributed by atoms with Crippen molar-refractivity contribution in [2.75, 3.05) is 7.11 Å². The molecule has 2 aromatic heterocycles. The largest absolute Gasteiger partial charge is 0.418 e. The molecule has 3 rings (SSSR count). The Morgan fingerprint density at radius 3 is 2.44 bits per heavy atom. The first kappa shape index (κ1) is 24.7. The van der Waals surface area contributed by atoms with Gasteiger partial charge in [-0.1, -0.05) is 6.07 Å². The molecule has 1 unspecified atom stereocenters. The van der Waals surface area contributed by atoms with Crippen LogP contribution in [-0.2, 0) is 6.54 Å². The molecule has 11 heteroatoms. The van der Waals surface area contributed by atoms with Gasteiger partial charge in [-0.05, 0) is 41.5 Å². The summed E-state index contributed by atoms with van der Waals surface area (Å²) in [6, 6.07) is 8.32. The number of carbonyl (C=O) groups excluding carboxylic acids is 1. The number of aliphatic hydroxyl groups excluding tert-OH is 2. The summed E-state index contributed by atoms with van der Waals surface area (Å²) >= 11 is 0. The van der Waals surface area contributed by atoms with Gasteiger partial charge in [-0.3, -0.25) is 14.6 Å². The maximum Gasteiger partial charge on any atom is 0.418 e. The summed E-state index contributed by atoms with van der Waals surface area (Å²) in [5, 5.41) is 19.2. The number of hydrogen-bond donors (Lipinski definition) is 4. The van der Waals surface area contributed by atoms with Crippen molar-refractivity contribution >= 4 is 5.91 Å². The van der Waals surface area contributed by atoms with Gasteiger partial charge >= 0.3 is 6.18 Å². The Balaban J connectivity index is 0.00000176. The van der Waals surface area contributed by atoms with Crippen molar-refractivity contribution in [1.29, 1.82) is 0 Å². The van der Waals surface area contributed by atoms with Gasteiger partial charge in [-0.15, -0.1) is 0 Å². The Morgan fingerprint density at radius 2 is 1.88 bits per heavy atom. The number of halogens is 4. The molecular formula is C21H19F4N3O4. The summed E-state index contributed by atoms with van der Waals surface area (Å²) in [6.07, 6.45) is -5.49. The van der Waals surface area contributed by atoms with Crippen LogP contribution in [0, 0.1) is 5.82 Å². The Labute approximate surface area is 179 Å². The fourth-order valence-electron chi connectivity index (χ4n) is 2.66. The topological polar surface area (TPSA) is 115 Å². The number of aromatic amines is 1. The number of amides is 1. The number of benzene rings is 1. The lowest BCUT2D eigenvalue weighted by Crippen LogP contribution is -2.25. The van der Waals surface area contributed by atoms with Crippen molar-refractivity contribution in [3.63, 3.8) is 0 Å². The standard InChI is InChI=1S/C20H15F4N3O3.CH4O/c21-15-2-3-16(25-10-15)12-5-13(18(29)20(22,23)24)7-14(6-12)19(30)27-9-11-1-4-17(28)26-8-11;1-2/h1-8,10,18,29H,9H2,(H,26,28)(H,27,30);2H,1H3. The molecule has 0 saturated carbocycles. The van der Waals surface area contributed by atoms with Crippen LogP contribution in [0.5, 0.6) is 0 Å². The predicted octanol–water partition coefficient (Wildman–Crippen LogP) is 2.71. The van der Waals surface area contributed by atoms with E-state index in [2.05, 4.69) is 15.3 Å². The molecule has 0 spiro atoms. The molecule has 3 aromatic rings. The maximum atomic E-state index is 13.1. The third-order valence-electron chi connectivity index (χ3n) is 4.17. The molecule has 0 aliphatic carbocycles. The minimum atomic E-state index is -4.95. The minimum Gasteiger partial charge on any atom is -0.400 e. The van der Waals surface area contributed by atoms with Crippen LogP contribution in [-0.4, -0.2) is 39.4 Å². The number of rotatable bonds is 5. The highest BCUT2D eigenvalue weighted by Crippen LogP contribution is 2.34. The van der Waals surface area contributed by atoms with Gasteiger partial charge < -0.3 is 20.5 Å². The minimum absolute atomic E-state index is 0.00575. The van der Waals surface area contributed by atoms with Gasteiger partial charge in [0.25, 0.3) is 5.91 Å². The highest BCUT2D eigenvalue weighted by Gasteiger charge is 2.39. The van der Waals surface area contributed by atoms with E-state index in [9.17, 15) is 32.3 Å². The number of nitrogens with one attached hydrogen (secondary N) is 2. The molecule has 0 fully saturated rings. The number of aliphatic hydroxyl groups is 2. The molecule has 1 amide bonds. The van der Waals surface area contributed by atoms with E-state index in [0.29, 0.717) is 5.56 Å². The number of nitrogens with zero attached hydrogens (tertiary/aromatic N) is 1. The number of alkyl halides is 3. The van der Waals surface area contributed by atoms with Crippen LogP contribution in [0.3, 0.4) is 0 Å². The van der Waals surface area contributed by atoms with E-state index >= 15 is 0 Å². The third-order valence-corrected chi connectivity index (χ3v) is 4.17. The predicted molar refractivity (Wildman–Crippen MR) is 107 cm³/mol. The van der Waals surface area contributed by atoms with E-state index < -0.39 is 29.6 Å². The molecule has 7 nitrogen and oxygen atoms in total. The molecule has 0 bridgehead atoms. The van der Waals surface area contributed by atoms with Crippen molar-refractivity contribution in [1.82, 2.24) is 15.3 Å². The van der Waals surface area contributed by atoms with Crippen LogP contribution in [0.1, 0.15) is 27.6 Å². The van der Waals surface area contributed by atoms with Gasteiger partial charge in [0.05, 0.1) is 11.9 Å². The van der Waals surface area contributed by atoms with E-state index in [1.165, 1.54) is 30.5 Å². The second kappa shape index (κ2) is 10.6. The maximum absolute atomic E-state index is 13.1. The Bertz CT molecular complexity index is 1090.